The van der Waals surface area contributed by atoms with Gasteiger partial charge in [-0.1, -0.05) is 19.9 Å². The maximum Gasteiger partial charge on any atom is 0.329 e. The summed E-state index contributed by atoms with van der Waals surface area (Å²) in [6.07, 6.45) is 0. The van der Waals surface area contributed by atoms with Gasteiger partial charge in [0.1, 0.15) is 34.9 Å². The third kappa shape index (κ3) is 5.79. The van der Waals surface area contributed by atoms with Crippen molar-refractivity contribution in [1.82, 2.24) is 5.32 Å². The number of nitrogens with one attached hydrogen (secondary N) is 2. The van der Waals surface area contributed by atoms with Gasteiger partial charge in [-0.2, -0.15) is 0 Å². The fourth-order valence-electron chi connectivity index (χ4n) is 2.43. The molecule has 2 N–H and O–H groups in total. The summed E-state index contributed by atoms with van der Waals surface area (Å²) < 4.78 is 58.7. The summed E-state index contributed by atoms with van der Waals surface area (Å²) in [6, 6.07) is 4.03. The van der Waals surface area contributed by atoms with Gasteiger partial charge in [0.15, 0.2) is 6.61 Å². The second kappa shape index (κ2) is 9.86. The van der Waals surface area contributed by atoms with Crippen molar-refractivity contribution in [2.75, 3.05) is 11.9 Å². The van der Waals surface area contributed by atoms with Gasteiger partial charge >= 0.3 is 5.97 Å². The molecule has 0 aliphatic heterocycles. The van der Waals surface area contributed by atoms with E-state index in [4.69, 9.17) is 4.74 Å². The summed E-state index contributed by atoms with van der Waals surface area (Å²) in [5, 5.41) is 4.27. The van der Waals surface area contributed by atoms with Gasteiger partial charge in [0.2, 0.25) is 0 Å². The van der Waals surface area contributed by atoms with Crippen LogP contribution in [0.5, 0.6) is 0 Å². The number of esters is 1. The van der Waals surface area contributed by atoms with Crippen LogP contribution < -0.4 is 10.6 Å². The summed E-state index contributed by atoms with van der Waals surface area (Å²) in [7, 11) is 0. The van der Waals surface area contributed by atoms with Crippen LogP contribution in [0.15, 0.2) is 36.4 Å². The van der Waals surface area contributed by atoms with E-state index in [1.165, 1.54) is 13.8 Å². The minimum absolute atomic E-state index is 0.318. The molecule has 2 rings (SSSR count). The van der Waals surface area contributed by atoms with Crippen LogP contribution in [-0.4, -0.2) is 30.4 Å². The lowest BCUT2D eigenvalue weighted by Gasteiger charge is -2.21. The maximum atomic E-state index is 13.7. The molecule has 0 saturated carbocycles. The maximum absolute atomic E-state index is 13.7. The van der Waals surface area contributed by atoms with Crippen molar-refractivity contribution < 1.29 is 36.7 Å². The minimum Gasteiger partial charge on any atom is -0.454 e. The predicted octanol–water partition coefficient (Wildman–Crippen LogP) is 3.18. The van der Waals surface area contributed by atoms with Gasteiger partial charge in [0.05, 0.1) is 5.69 Å². The first-order valence-corrected chi connectivity index (χ1v) is 8.76. The molecule has 0 unspecified atom stereocenters. The van der Waals surface area contributed by atoms with Crippen LogP contribution in [0.2, 0.25) is 0 Å². The Kier molecular flexibility index (Phi) is 7.51. The molecule has 30 heavy (non-hydrogen) atoms. The summed E-state index contributed by atoms with van der Waals surface area (Å²) in [5.41, 5.74) is -1.18. The Hall–Kier alpha value is -3.43. The molecule has 10 heteroatoms. The lowest BCUT2D eigenvalue weighted by atomic mass is 10.0. The molecule has 2 aromatic rings. The van der Waals surface area contributed by atoms with Gasteiger partial charge in [-0.25, -0.2) is 22.4 Å². The number of ether oxygens (including phenoxy) is 1. The van der Waals surface area contributed by atoms with E-state index in [1.807, 2.05) is 0 Å². The summed E-state index contributed by atoms with van der Waals surface area (Å²) in [5.74, 6) is -7.73. The number of carbonyl (C=O) groups excluding carboxylic acids is 3. The van der Waals surface area contributed by atoms with Crippen LogP contribution in [-0.2, 0) is 14.3 Å². The SMILES string of the molecule is CC(C)[C@@H](NC(=O)c1c(F)cccc1F)C(=O)OCC(=O)Nc1ccc(F)cc1F. The van der Waals surface area contributed by atoms with E-state index < -0.39 is 65.2 Å². The summed E-state index contributed by atoms with van der Waals surface area (Å²) >= 11 is 0. The highest BCUT2D eigenvalue weighted by molar-refractivity contribution is 5.98. The Morgan fingerprint density at radius 3 is 2.17 bits per heavy atom. The van der Waals surface area contributed by atoms with E-state index in [1.54, 1.807) is 0 Å². The normalized spacial score (nSPS) is 11.7. The zero-order valence-corrected chi connectivity index (χ0v) is 16.0. The molecule has 0 saturated heterocycles. The van der Waals surface area contributed by atoms with Crippen molar-refractivity contribution in [3.05, 3.63) is 65.2 Å². The third-order valence-electron chi connectivity index (χ3n) is 3.95. The highest BCUT2D eigenvalue weighted by Gasteiger charge is 2.29. The van der Waals surface area contributed by atoms with E-state index in [2.05, 4.69) is 10.6 Å². The van der Waals surface area contributed by atoms with Crippen LogP contribution in [0.3, 0.4) is 0 Å². The third-order valence-corrected chi connectivity index (χ3v) is 3.95. The highest BCUT2D eigenvalue weighted by atomic mass is 19.1. The van der Waals surface area contributed by atoms with Crippen LogP contribution in [0.25, 0.3) is 0 Å². The molecule has 2 aromatic carbocycles. The van der Waals surface area contributed by atoms with Crippen LogP contribution >= 0.6 is 0 Å². The van der Waals surface area contributed by atoms with Crippen molar-refractivity contribution in [2.45, 2.75) is 19.9 Å². The number of rotatable bonds is 7. The monoisotopic (exact) mass is 426 g/mol. The molecule has 0 fully saturated rings. The molecule has 0 heterocycles. The van der Waals surface area contributed by atoms with Gasteiger partial charge in [-0.15, -0.1) is 0 Å². The fraction of sp³-hybridized carbons (Fsp3) is 0.250. The molecule has 2 amide bonds. The first-order chi connectivity index (χ1) is 14.1. The second-order valence-corrected chi connectivity index (χ2v) is 6.57. The first kappa shape index (κ1) is 22.9. The van der Waals surface area contributed by atoms with Crippen molar-refractivity contribution in [1.29, 1.82) is 0 Å². The number of benzene rings is 2. The number of halogens is 4. The van der Waals surface area contributed by atoms with Crippen molar-refractivity contribution in [2.24, 2.45) is 5.92 Å². The first-order valence-electron chi connectivity index (χ1n) is 8.76. The van der Waals surface area contributed by atoms with E-state index >= 15 is 0 Å². The largest absolute Gasteiger partial charge is 0.454 e. The Bertz CT molecular complexity index is 946. The van der Waals surface area contributed by atoms with Crippen LogP contribution in [0, 0.1) is 29.2 Å². The summed E-state index contributed by atoms with van der Waals surface area (Å²) in [6.45, 7) is 2.25. The van der Waals surface area contributed by atoms with Gasteiger partial charge in [-0.3, -0.25) is 9.59 Å². The Labute approximate surface area is 169 Å². The molecular formula is C20H18F4N2O4. The molecule has 6 nitrogen and oxygen atoms in total. The van der Waals surface area contributed by atoms with Crippen LogP contribution in [0.4, 0.5) is 23.2 Å². The molecule has 0 aliphatic carbocycles. The molecule has 160 valence electrons. The molecule has 1 atom stereocenters. The average molecular weight is 426 g/mol. The number of hydrogen-bond acceptors (Lipinski definition) is 4. The van der Waals surface area contributed by atoms with E-state index in [9.17, 15) is 31.9 Å². The molecule has 0 aliphatic rings. The van der Waals surface area contributed by atoms with E-state index in [0.29, 0.717) is 6.07 Å². The van der Waals surface area contributed by atoms with Crippen LogP contribution in [0.1, 0.15) is 24.2 Å². The molecular weight excluding hydrogens is 408 g/mol. The smallest absolute Gasteiger partial charge is 0.329 e. The lowest BCUT2D eigenvalue weighted by Crippen LogP contribution is -2.46. The topological polar surface area (TPSA) is 84.5 Å². The predicted molar refractivity (Wildman–Crippen MR) is 98.4 cm³/mol. The van der Waals surface area contributed by atoms with Gasteiger partial charge < -0.3 is 15.4 Å². The van der Waals surface area contributed by atoms with E-state index in [0.717, 1.165) is 30.3 Å². The second-order valence-electron chi connectivity index (χ2n) is 6.57. The number of hydrogen-bond donors (Lipinski definition) is 2. The average Bonchev–Trinajstić information content (AvgIpc) is 2.66. The van der Waals surface area contributed by atoms with Crippen molar-refractivity contribution in [3.8, 4) is 0 Å². The summed E-state index contributed by atoms with van der Waals surface area (Å²) in [4.78, 5) is 36.3. The Morgan fingerprint density at radius 2 is 1.60 bits per heavy atom. The number of carbonyl (C=O) groups is 3. The lowest BCUT2D eigenvalue weighted by molar-refractivity contribution is -0.150. The standard InChI is InChI=1S/C20H18F4N2O4/c1-10(2)18(26-19(28)17-12(22)4-3-5-13(17)23)20(29)30-9-16(27)25-15-7-6-11(21)8-14(15)24/h3-8,10,18H,9H2,1-2H3,(H,25,27)(H,26,28)/t18-/m1/s1. The van der Waals surface area contributed by atoms with Gasteiger partial charge in [0, 0.05) is 6.07 Å². The Morgan fingerprint density at radius 1 is 0.967 bits per heavy atom. The number of amides is 2. The Balaban J connectivity index is 2.00. The van der Waals surface area contributed by atoms with Crippen molar-refractivity contribution in [3.63, 3.8) is 0 Å². The van der Waals surface area contributed by atoms with Crippen molar-refractivity contribution >= 4 is 23.5 Å². The minimum atomic E-state index is -1.31. The molecule has 0 radical (unpaired) electrons. The van der Waals surface area contributed by atoms with E-state index in [-0.39, 0.29) is 5.69 Å². The molecule has 0 aromatic heterocycles. The molecule has 0 bridgehead atoms. The highest BCUT2D eigenvalue weighted by Crippen LogP contribution is 2.15. The zero-order chi connectivity index (χ0) is 22.4. The van der Waals surface area contributed by atoms with Gasteiger partial charge in [0.25, 0.3) is 11.8 Å². The molecule has 0 spiro atoms. The van der Waals surface area contributed by atoms with Gasteiger partial charge in [-0.05, 0) is 30.2 Å². The fourth-order valence-corrected chi connectivity index (χ4v) is 2.43. The quantitative estimate of drug-likeness (QED) is 0.526. The number of anilines is 1. The zero-order valence-electron chi connectivity index (χ0n) is 16.0.